The van der Waals surface area contributed by atoms with E-state index in [9.17, 15) is 81.5 Å². The molecule has 11 N–H and O–H groups in total. The summed E-state index contributed by atoms with van der Waals surface area (Å²) < 4.78 is 66.3. The van der Waals surface area contributed by atoms with E-state index in [1.165, 1.54) is 0 Å². The van der Waals surface area contributed by atoms with Gasteiger partial charge in [0, 0.05) is 71.0 Å². The molecule has 0 bridgehead atoms. The van der Waals surface area contributed by atoms with E-state index in [2.05, 4.69) is 47.9 Å². The van der Waals surface area contributed by atoms with Gasteiger partial charge in [0.05, 0.1) is 45.7 Å². The van der Waals surface area contributed by atoms with Crippen molar-refractivity contribution in [2.24, 2.45) is 5.73 Å². The minimum Gasteiger partial charge on any atom is -0.461 e. The van der Waals surface area contributed by atoms with Gasteiger partial charge in [-0.05, 0) is 102 Å². The molecule has 0 aromatic heterocycles. The summed E-state index contributed by atoms with van der Waals surface area (Å²) >= 11 is 0. The van der Waals surface area contributed by atoms with E-state index in [1.807, 2.05) is 0 Å². The molecule has 0 fully saturated rings. The van der Waals surface area contributed by atoms with E-state index in [1.54, 1.807) is 243 Å². The molecule has 8 aromatic rings. The average Bonchev–Trinajstić information content (AvgIpc) is 0.873. The van der Waals surface area contributed by atoms with Gasteiger partial charge < -0.3 is 110 Å². The number of carbonyl (C=O) groups excluding carboxylic acids is 17. The first-order valence-corrected chi connectivity index (χ1v) is 48.6. The first kappa shape index (κ1) is 117. The number of nitrogens with two attached hydrogens (primary N) is 1. The fraction of sp³-hybridized carbons (Fsp3) is 0.398. The zero-order chi connectivity index (χ0) is 105. The highest BCUT2D eigenvalue weighted by molar-refractivity contribution is 5.94. The fourth-order valence-electron chi connectivity index (χ4n) is 13.9. The van der Waals surface area contributed by atoms with Crippen LogP contribution in [0.25, 0.3) is 0 Å². The van der Waals surface area contributed by atoms with Crippen LogP contribution in [0.15, 0.2) is 243 Å². The second-order valence-corrected chi connectivity index (χ2v) is 33.7. The molecule has 0 spiro atoms. The highest BCUT2D eigenvalue weighted by Gasteiger charge is 2.34. The molecule has 8 rings (SSSR count). The number of carbonyl (C=O) groups is 17. The normalized spacial score (nSPS) is 12.3. The lowest BCUT2D eigenvalue weighted by Crippen LogP contribution is -2.53. The van der Waals surface area contributed by atoms with Crippen LogP contribution in [0.1, 0.15) is 154 Å². The van der Waals surface area contributed by atoms with Gasteiger partial charge in [-0.25, -0.2) is 19.2 Å². The lowest BCUT2D eigenvalue weighted by atomic mass is 10.1. The van der Waals surface area contributed by atoms with E-state index in [0.717, 1.165) is 11.1 Å². The van der Waals surface area contributed by atoms with E-state index >= 15 is 0 Å². The average molecular weight is 2030 g/mol. The van der Waals surface area contributed by atoms with Crippen LogP contribution in [0.5, 0.6) is 0 Å². The highest BCUT2D eigenvalue weighted by atomic mass is 16.6. The standard InChI is InChI=1S/C108H130N10O29/c109-85(102(129)112-60-62-137-64-66-139-76-97(124)114-87(104(131)118-91(108(135)147-74-84-41-23-8-24-42-84)49-57-101(128)143-70-80-33-15-4-16-34-80)45-51-95(122)116-89(106(133)145-72-82-37-19-6-20-38-82)47-55-99(126)141-68-78-29-11-2-12-30-78)43-25-26-58-110-92(119)52-53-93(120)111-59-61-136-63-65-138-75-96(123)113-86(103(130)117-90(107(134)146-73-83-39-21-7-22-40-83)48-56-100(127)142-69-79-31-13-3-14-32-79)44-50-94(121)115-88(105(132)144-71-81-35-17-5-18-36-81)46-54-98(125)140-67-77-27-9-1-10-28-77/h1-24,27-42,85-91H,25-26,43-76,109H2,(H,110,119)(H,111,120)(H,112,129)(H,113,123)(H,114,124)(H,115,121)(H,116,122)(H,117,130)(H,118,131). The van der Waals surface area contributed by atoms with Crippen molar-refractivity contribution in [3.63, 3.8) is 0 Å². The SMILES string of the molecule is NC(CCCCNC(=O)CCC(=O)NCCOCCOCC(=O)NC(CCC(=O)NC(CCC(=O)OCc1ccccc1)C(=O)OCc1ccccc1)C(=O)NC(CCC(=O)OCc1ccccc1)C(=O)OCc1ccccc1)C(=O)NCCOCCOCC(=O)NC(CCC(=O)NC(CCC(=O)OCc1ccccc1)C(=O)OCc1ccccc1)C(=O)NC(CCC(=O)OCc1ccccc1)C(=O)OCc1ccccc1. The quantitative estimate of drug-likeness (QED) is 0.0102. The highest BCUT2D eigenvalue weighted by Crippen LogP contribution is 2.18. The third-order valence-corrected chi connectivity index (χ3v) is 22.0. The second kappa shape index (κ2) is 69.5. The van der Waals surface area contributed by atoms with Crippen molar-refractivity contribution in [3.05, 3.63) is 287 Å². The van der Waals surface area contributed by atoms with Crippen molar-refractivity contribution in [1.82, 2.24) is 47.9 Å². The fourth-order valence-corrected chi connectivity index (χ4v) is 13.9. The lowest BCUT2D eigenvalue weighted by molar-refractivity contribution is -0.152. The topological polar surface area (TPSA) is 535 Å². The van der Waals surface area contributed by atoms with Gasteiger partial charge in [0.25, 0.3) is 0 Å². The monoisotopic (exact) mass is 2030 g/mol. The van der Waals surface area contributed by atoms with Crippen LogP contribution in [0, 0.1) is 0 Å². The molecule has 9 amide bonds. The summed E-state index contributed by atoms with van der Waals surface area (Å²) in [4.78, 5) is 229. The van der Waals surface area contributed by atoms with E-state index in [-0.39, 0.29) is 183 Å². The van der Waals surface area contributed by atoms with Gasteiger partial charge in [-0.2, -0.15) is 0 Å². The number of nitrogens with one attached hydrogen (secondary N) is 9. The Bertz CT molecular complexity index is 5380. The van der Waals surface area contributed by atoms with Crippen molar-refractivity contribution >= 4 is 101 Å². The maximum absolute atomic E-state index is 14.4. The first-order valence-electron chi connectivity index (χ1n) is 48.6. The summed E-state index contributed by atoms with van der Waals surface area (Å²) in [6.45, 7) is -2.24. The molecular formula is C108H130N10O29. The second-order valence-electron chi connectivity index (χ2n) is 33.7. The Kier molecular flexibility index (Phi) is 55.2. The summed E-state index contributed by atoms with van der Waals surface area (Å²) in [7, 11) is 0. The Labute approximate surface area is 852 Å². The van der Waals surface area contributed by atoms with Crippen molar-refractivity contribution < 1.29 is 138 Å². The zero-order valence-electron chi connectivity index (χ0n) is 82.0. The largest absolute Gasteiger partial charge is 0.461 e. The maximum Gasteiger partial charge on any atom is 0.328 e. The minimum atomic E-state index is -1.55. The molecular weight excluding hydrogens is 1900 g/mol. The summed E-state index contributed by atoms with van der Waals surface area (Å²) in [5.74, 6) is -12.7. The van der Waals surface area contributed by atoms with Gasteiger partial charge in [0.1, 0.15) is 102 Å². The number of esters is 8. The summed E-state index contributed by atoms with van der Waals surface area (Å²) in [5.41, 5.74) is 11.6. The molecule has 7 unspecified atom stereocenters. The molecule has 7 atom stereocenters. The summed E-state index contributed by atoms with van der Waals surface area (Å²) in [6.07, 6.45) is -3.35. The third kappa shape index (κ3) is 51.1. The molecule has 0 aliphatic rings. The zero-order valence-corrected chi connectivity index (χ0v) is 82.0. The van der Waals surface area contributed by atoms with Crippen molar-refractivity contribution in [1.29, 1.82) is 0 Å². The van der Waals surface area contributed by atoms with Gasteiger partial charge in [-0.15, -0.1) is 0 Å². The molecule has 786 valence electrons. The van der Waals surface area contributed by atoms with E-state index < -0.39 is 182 Å². The van der Waals surface area contributed by atoms with Crippen molar-refractivity contribution in [3.8, 4) is 0 Å². The number of amides is 9. The van der Waals surface area contributed by atoms with E-state index in [0.29, 0.717) is 46.2 Å². The van der Waals surface area contributed by atoms with Crippen LogP contribution in [-0.4, -0.2) is 216 Å². The predicted molar refractivity (Wildman–Crippen MR) is 530 cm³/mol. The third-order valence-electron chi connectivity index (χ3n) is 22.0. The molecule has 0 radical (unpaired) electrons. The molecule has 8 aromatic carbocycles. The molecule has 147 heavy (non-hydrogen) atoms. The van der Waals surface area contributed by atoms with Gasteiger partial charge in [0.15, 0.2) is 0 Å². The van der Waals surface area contributed by atoms with Gasteiger partial charge in [-0.1, -0.05) is 243 Å². The lowest BCUT2D eigenvalue weighted by Gasteiger charge is -2.23. The van der Waals surface area contributed by atoms with Gasteiger partial charge in [-0.3, -0.25) is 62.3 Å². The number of benzene rings is 8. The molecule has 0 aliphatic carbocycles. The Hall–Kier alpha value is -15.5. The van der Waals surface area contributed by atoms with Crippen LogP contribution >= 0.6 is 0 Å². The molecule has 39 nitrogen and oxygen atoms in total. The number of hydrogen-bond acceptors (Lipinski definition) is 30. The Morgan fingerprint density at radius 3 is 0.735 bits per heavy atom. The number of ether oxygens (including phenoxy) is 12. The molecule has 0 saturated heterocycles. The van der Waals surface area contributed by atoms with Gasteiger partial charge >= 0.3 is 47.8 Å². The van der Waals surface area contributed by atoms with Crippen LogP contribution in [-0.2, 0) is 191 Å². The first-order chi connectivity index (χ1) is 71.4. The van der Waals surface area contributed by atoms with Gasteiger partial charge in [0.2, 0.25) is 53.2 Å². The van der Waals surface area contributed by atoms with Crippen LogP contribution in [0.2, 0.25) is 0 Å². The number of rotatable bonds is 71. The smallest absolute Gasteiger partial charge is 0.328 e. The van der Waals surface area contributed by atoms with Crippen molar-refractivity contribution in [2.45, 2.75) is 204 Å². The minimum absolute atomic E-state index is 0.00759. The summed E-state index contributed by atoms with van der Waals surface area (Å²) in [6, 6.07) is 60.6. The number of unbranched alkanes of at least 4 members (excludes halogenated alkanes) is 1. The van der Waals surface area contributed by atoms with Crippen molar-refractivity contribution in [2.75, 3.05) is 72.5 Å². The molecule has 39 heteroatoms. The summed E-state index contributed by atoms with van der Waals surface area (Å²) in [5, 5.41) is 23.5. The molecule has 0 saturated carbocycles. The molecule has 0 heterocycles. The Balaban J connectivity index is 0.726. The van der Waals surface area contributed by atoms with E-state index in [4.69, 9.17) is 62.6 Å². The van der Waals surface area contributed by atoms with Crippen LogP contribution in [0.3, 0.4) is 0 Å². The van der Waals surface area contributed by atoms with Crippen LogP contribution in [0.4, 0.5) is 0 Å². The number of hydrogen-bond donors (Lipinski definition) is 10. The van der Waals surface area contributed by atoms with Crippen LogP contribution < -0.4 is 53.6 Å². The Morgan fingerprint density at radius 2 is 0.449 bits per heavy atom. The maximum atomic E-state index is 14.4. The molecule has 0 aliphatic heterocycles. The predicted octanol–water partition coefficient (Wildman–Crippen LogP) is 7.22. The Morgan fingerprint density at radius 1 is 0.211 bits per heavy atom.